The van der Waals surface area contributed by atoms with Gasteiger partial charge in [-0.2, -0.15) is 13.2 Å². The number of esters is 2. The van der Waals surface area contributed by atoms with E-state index >= 15 is 0 Å². The van der Waals surface area contributed by atoms with Crippen LogP contribution in [0, 0.1) is 0 Å². The first-order chi connectivity index (χ1) is 9.66. The van der Waals surface area contributed by atoms with E-state index in [0.29, 0.717) is 0 Å². The van der Waals surface area contributed by atoms with Gasteiger partial charge in [-0.3, -0.25) is 4.79 Å². The zero-order chi connectivity index (χ0) is 16.2. The van der Waals surface area contributed by atoms with Gasteiger partial charge in [0.25, 0.3) is 0 Å². The summed E-state index contributed by atoms with van der Waals surface area (Å²) in [5.74, 6) is -1.52. The van der Waals surface area contributed by atoms with Crippen molar-refractivity contribution in [3.63, 3.8) is 0 Å². The van der Waals surface area contributed by atoms with Crippen LogP contribution in [0.1, 0.15) is 24.2 Å². The summed E-state index contributed by atoms with van der Waals surface area (Å²) in [4.78, 5) is 22.5. The van der Waals surface area contributed by atoms with Gasteiger partial charge in [0.05, 0.1) is 18.2 Å². The Labute approximate surface area is 119 Å². The third-order valence-corrected chi connectivity index (χ3v) is 2.59. The van der Waals surface area contributed by atoms with Crippen LogP contribution < -0.4 is 0 Å². The molecule has 1 aromatic rings. The van der Waals surface area contributed by atoms with Gasteiger partial charge in [0.1, 0.15) is 0 Å². The molecule has 1 rings (SSSR count). The molecule has 1 atom stereocenters. The lowest BCUT2D eigenvalue weighted by Gasteiger charge is -2.19. The van der Waals surface area contributed by atoms with Gasteiger partial charge in [-0.15, -0.1) is 0 Å². The van der Waals surface area contributed by atoms with Gasteiger partial charge >= 0.3 is 18.1 Å². The van der Waals surface area contributed by atoms with Crippen molar-refractivity contribution in [3.8, 4) is 0 Å². The molecular formula is C14H13F3O4. The van der Waals surface area contributed by atoms with Crippen molar-refractivity contribution in [1.82, 2.24) is 0 Å². The third-order valence-electron chi connectivity index (χ3n) is 2.59. The molecule has 4 nitrogen and oxygen atoms in total. The van der Waals surface area contributed by atoms with Crippen molar-refractivity contribution >= 4 is 11.9 Å². The molecular weight excluding hydrogens is 289 g/mol. The first-order valence-electron chi connectivity index (χ1n) is 5.78. The Morgan fingerprint density at radius 2 is 1.71 bits per heavy atom. The summed E-state index contributed by atoms with van der Waals surface area (Å²) in [7, 11) is 1.12. The Morgan fingerprint density at radius 1 is 1.19 bits per heavy atom. The second kappa shape index (κ2) is 6.43. The zero-order valence-electron chi connectivity index (χ0n) is 11.4. The average Bonchev–Trinajstić information content (AvgIpc) is 2.42. The van der Waals surface area contributed by atoms with Gasteiger partial charge in [-0.25, -0.2) is 4.79 Å². The van der Waals surface area contributed by atoms with Crippen LogP contribution in [0.5, 0.6) is 0 Å². The Kier molecular flexibility index (Phi) is 5.12. The molecule has 0 aromatic heterocycles. The van der Waals surface area contributed by atoms with E-state index < -0.39 is 29.8 Å². The van der Waals surface area contributed by atoms with E-state index in [-0.39, 0.29) is 11.1 Å². The molecule has 0 aliphatic carbocycles. The van der Waals surface area contributed by atoms with Crippen LogP contribution in [0.25, 0.3) is 0 Å². The number of carbonyl (C=O) groups excluding carboxylic acids is 2. The molecule has 0 spiro atoms. The lowest BCUT2D eigenvalue weighted by molar-refractivity contribution is -0.147. The SMILES string of the molecule is C=C(C(=O)OC)C(OC(C)=O)c1ccc(C(F)(F)F)cc1. The topological polar surface area (TPSA) is 52.6 Å². The minimum absolute atomic E-state index is 0.188. The van der Waals surface area contributed by atoms with Crippen molar-refractivity contribution in [2.75, 3.05) is 7.11 Å². The number of hydrogen-bond donors (Lipinski definition) is 0. The fourth-order valence-electron chi connectivity index (χ4n) is 1.59. The molecule has 1 unspecified atom stereocenters. The normalized spacial score (nSPS) is 12.4. The van der Waals surface area contributed by atoms with Gasteiger partial charge in [0.2, 0.25) is 0 Å². The van der Waals surface area contributed by atoms with Crippen LogP contribution in [0.15, 0.2) is 36.4 Å². The summed E-state index contributed by atoms with van der Waals surface area (Å²) in [6.07, 6.45) is -5.67. The number of carbonyl (C=O) groups is 2. The Balaban J connectivity index is 3.12. The first-order valence-corrected chi connectivity index (χ1v) is 5.78. The molecule has 0 saturated carbocycles. The number of hydrogen-bond acceptors (Lipinski definition) is 4. The first kappa shape index (κ1) is 16.7. The highest BCUT2D eigenvalue weighted by Crippen LogP contribution is 2.32. The third kappa shape index (κ3) is 4.34. The van der Waals surface area contributed by atoms with Crippen LogP contribution in [-0.2, 0) is 25.2 Å². The minimum Gasteiger partial charge on any atom is -0.466 e. The fourth-order valence-corrected chi connectivity index (χ4v) is 1.59. The van der Waals surface area contributed by atoms with Crippen molar-refractivity contribution in [3.05, 3.63) is 47.5 Å². The summed E-state index contributed by atoms with van der Waals surface area (Å²) in [5, 5.41) is 0. The van der Waals surface area contributed by atoms with Crippen molar-refractivity contribution in [1.29, 1.82) is 0 Å². The van der Waals surface area contributed by atoms with Crippen LogP contribution in [0.4, 0.5) is 13.2 Å². The number of halogens is 3. The summed E-state index contributed by atoms with van der Waals surface area (Å²) < 4.78 is 46.9. The molecule has 0 amide bonds. The number of rotatable bonds is 4. The van der Waals surface area contributed by atoms with E-state index in [1.807, 2.05) is 0 Å². The fraction of sp³-hybridized carbons (Fsp3) is 0.286. The van der Waals surface area contributed by atoms with Gasteiger partial charge in [0.15, 0.2) is 6.10 Å². The Morgan fingerprint density at radius 3 is 2.10 bits per heavy atom. The Bertz CT molecular complexity index is 546. The molecule has 0 fully saturated rings. The molecule has 0 aliphatic rings. The number of ether oxygens (including phenoxy) is 2. The van der Waals surface area contributed by atoms with Gasteiger partial charge in [0, 0.05) is 6.92 Å². The standard InChI is InChI=1S/C14H13F3O4/c1-8(13(19)20-3)12(21-9(2)18)10-4-6-11(7-5-10)14(15,16)17/h4-7,12H,1H2,2-3H3. The van der Waals surface area contributed by atoms with Crippen LogP contribution in [0.2, 0.25) is 0 Å². The van der Waals surface area contributed by atoms with Crippen molar-refractivity contribution in [2.24, 2.45) is 0 Å². The second-order valence-corrected chi connectivity index (χ2v) is 4.13. The van der Waals surface area contributed by atoms with Gasteiger partial charge < -0.3 is 9.47 Å². The predicted molar refractivity (Wildman–Crippen MR) is 67.1 cm³/mol. The smallest absolute Gasteiger partial charge is 0.416 e. The van der Waals surface area contributed by atoms with E-state index in [1.54, 1.807) is 0 Å². The summed E-state index contributed by atoms with van der Waals surface area (Å²) >= 11 is 0. The van der Waals surface area contributed by atoms with Crippen LogP contribution in [-0.4, -0.2) is 19.0 Å². The second-order valence-electron chi connectivity index (χ2n) is 4.13. The molecule has 0 heterocycles. The van der Waals surface area contributed by atoms with E-state index in [4.69, 9.17) is 4.74 Å². The number of benzene rings is 1. The summed E-state index contributed by atoms with van der Waals surface area (Å²) in [6, 6.07) is 3.89. The molecule has 21 heavy (non-hydrogen) atoms. The van der Waals surface area contributed by atoms with Crippen LogP contribution >= 0.6 is 0 Å². The molecule has 114 valence electrons. The lowest BCUT2D eigenvalue weighted by atomic mass is 10.0. The highest BCUT2D eigenvalue weighted by Gasteiger charge is 2.31. The number of alkyl halides is 3. The van der Waals surface area contributed by atoms with E-state index in [1.165, 1.54) is 0 Å². The number of methoxy groups -OCH3 is 1. The molecule has 0 bridgehead atoms. The molecule has 1 aromatic carbocycles. The van der Waals surface area contributed by atoms with E-state index in [0.717, 1.165) is 38.3 Å². The molecule has 0 N–H and O–H groups in total. The maximum Gasteiger partial charge on any atom is 0.416 e. The molecule has 0 radical (unpaired) electrons. The molecule has 0 saturated heterocycles. The van der Waals surface area contributed by atoms with Crippen molar-refractivity contribution in [2.45, 2.75) is 19.2 Å². The largest absolute Gasteiger partial charge is 0.466 e. The van der Waals surface area contributed by atoms with Gasteiger partial charge in [-0.05, 0) is 17.7 Å². The maximum atomic E-state index is 12.5. The molecule has 7 heteroatoms. The lowest BCUT2D eigenvalue weighted by Crippen LogP contribution is -2.17. The predicted octanol–water partition coefficient (Wildman–Crippen LogP) is 3.04. The monoisotopic (exact) mass is 302 g/mol. The minimum atomic E-state index is -4.48. The quantitative estimate of drug-likeness (QED) is 0.633. The Hall–Kier alpha value is -2.31. The van der Waals surface area contributed by atoms with E-state index in [9.17, 15) is 22.8 Å². The molecule has 0 aliphatic heterocycles. The average molecular weight is 302 g/mol. The zero-order valence-corrected chi connectivity index (χ0v) is 11.4. The highest BCUT2D eigenvalue weighted by atomic mass is 19.4. The maximum absolute atomic E-state index is 12.5. The van der Waals surface area contributed by atoms with Gasteiger partial charge in [-0.1, -0.05) is 18.7 Å². The van der Waals surface area contributed by atoms with E-state index in [2.05, 4.69) is 11.3 Å². The van der Waals surface area contributed by atoms with Crippen LogP contribution in [0.3, 0.4) is 0 Å². The highest BCUT2D eigenvalue weighted by molar-refractivity contribution is 5.89. The van der Waals surface area contributed by atoms with Crippen molar-refractivity contribution < 1.29 is 32.2 Å². The summed E-state index contributed by atoms with van der Waals surface area (Å²) in [5.41, 5.74) is -0.849. The summed E-state index contributed by atoms with van der Waals surface area (Å²) in [6.45, 7) is 4.57.